The first-order valence-electron chi connectivity index (χ1n) is 4.72. The number of carboxylic acids is 1. The number of nitrogens with zero attached hydrogens (tertiary/aromatic N) is 2. The Morgan fingerprint density at radius 3 is 2.22 bits per heavy atom. The maximum absolute atomic E-state index is 11.5. The van der Waals surface area contributed by atoms with E-state index in [-0.39, 0.29) is 18.4 Å². The van der Waals surface area contributed by atoms with E-state index in [2.05, 4.69) is 0 Å². The van der Waals surface area contributed by atoms with Crippen LogP contribution in [0.2, 0.25) is 0 Å². The highest BCUT2D eigenvalue weighted by Gasteiger charge is 2.10. The molecule has 0 saturated carbocycles. The quantitative estimate of drug-likeness (QED) is 0.537. The maximum Gasteiger partial charge on any atom is 0.303 e. The van der Waals surface area contributed by atoms with Crippen molar-refractivity contribution in [2.75, 3.05) is 10.5 Å². The Hall–Kier alpha value is -2.07. The van der Waals surface area contributed by atoms with E-state index in [1.54, 1.807) is 0 Å². The van der Waals surface area contributed by atoms with Crippen LogP contribution in [0.15, 0.2) is 12.1 Å². The number of hydrogen-bond donors (Lipinski definition) is 4. The van der Waals surface area contributed by atoms with Crippen molar-refractivity contribution in [3.05, 3.63) is 22.9 Å². The second kappa shape index (κ2) is 5.51. The molecule has 0 aliphatic rings. The lowest BCUT2D eigenvalue weighted by Crippen LogP contribution is -2.18. The first-order chi connectivity index (χ1) is 8.32. The molecule has 1 aromatic rings. The smallest absolute Gasteiger partial charge is 0.303 e. The minimum atomic E-state index is -1.10. The number of rotatable bonds is 5. The predicted molar refractivity (Wildman–Crippen MR) is 55.5 cm³/mol. The highest BCUT2D eigenvalue weighted by Crippen LogP contribution is 2.34. The van der Waals surface area contributed by atoms with E-state index in [0.29, 0.717) is 0 Å². The fourth-order valence-corrected chi connectivity index (χ4v) is 1.34. The summed E-state index contributed by atoms with van der Waals surface area (Å²) >= 11 is 0. The summed E-state index contributed by atoms with van der Waals surface area (Å²) in [7, 11) is 0. The molecule has 18 heavy (non-hydrogen) atoms. The lowest BCUT2D eigenvalue weighted by Gasteiger charge is -2.30. The molecule has 4 N–H and O–H groups in total. The highest BCUT2D eigenvalue weighted by molar-refractivity contribution is 5.72. The number of carbonyl (C=O) groups is 1. The molecule has 0 aliphatic carbocycles. The monoisotopic (exact) mass is 258 g/mol. The molecule has 100 valence electrons. The molecule has 1 aromatic carbocycles. The van der Waals surface area contributed by atoms with Crippen molar-refractivity contribution in [1.82, 2.24) is 0 Å². The van der Waals surface area contributed by atoms with Gasteiger partial charge in [-0.15, -0.1) is 5.23 Å². The van der Waals surface area contributed by atoms with Crippen molar-refractivity contribution in [2.24, 2.45) is 0 Å². The Morgan fingerprint density at radius 2 is 1.78 bits per heavy atom. The second-order valence-electron chi connectivity index (χ2n) is 3.42. The van der Waals surface area contributed by atoms with Crippen molar-refractivity contribution in [2.45, 2.75) is 12.8 Å². The van der Waals surface area contributed by atoms with E-state index in [0.717, 1.165) is 12.1 Å². The van der Waals surface area contributed by atoms with E-state index < -0.39 is 33.5 Å². The van der Waals surface area contributed by atoms with Gasteiger partial charge in [-0.2, -0.15) is 0 Å². The van der Waals surface area contributed by atoms with Gasteiger partial charge in [-0.25, -0.2) is 0 Å². The summed E-state index contributed by atoms with van der Waals surface area (Å²) in [6, 6.07) is 1.99. The van der Waals surface area contributed by atoms with Crippen molar-refractivity contribution >= 4 is 17.3 Å². The molecular weight excluding hydrogens is 248 g/mol. The SMILES string of the molecule is O=C(O)CCc1cc(N([O-])O)c([O-])c(N(O)O)c1. The Labute approximate surface area is 101 Å². The molecule has 0 atom stereocenters. The molecule has 0 heterocycles. The zero-order valence-electron chi connectivity index (χ0n) is 8.98. The number of hydrogen-bond acceptors (Lipinski definition) is 8. The van der Waals surface area contributed by atoms with Crippen molar-refractivity contribution in [3.8, 4) is 5.75 Å². The molecule has 0 radical (unpaired) electrons. The molecule has 0 unspecified atom stereocenters. The summed E-state index contributed by atoms with van der Waals surface area (Å²) in [5.41, 5.74) is -1.21. The fraction of sp³-hybridized carbons (Fsp3) is 0.222. The number of anilines is 2. The van der Waals surface area contributed by atoms with Crippen LogP contribution in [-0.2, 0) is 11.2 Å². The van der Waals surface area contributed by atoms with Gasteiger partial charge >= 0.3 is 5.97 Å². The molecule has 0 aromatic heterocycles. The van der Waals surface area contributed by atoms with Gasteiger partial charge in [0.15, 0.2) is 0 Å². The summed E-state index contributed by atoms with van der Waals surface area (Å²) in [5.74, 6) is -2.20. The van der Waals surface area contributed by atoms with Crippen molar-refractivity contribution in [3.63, 3.8) is 0 Å². The van der Waals surface area contributed by atoms with E-state index in [4.69, 9.17) is 20.7 Å². The molecule has 0 bridgehead atoms. The molecule has 0 fully saturated rings. The summed E-state index contributed by atoms with van der Waals surface area (Å²) < 4.78 is 0. The molecule has 0 spiro atoms. The van der Waals surface area contributed by atoms with Crippen LogP contribution < -0.4 is 15.6 Å². The Kier molecular flexibility index (Phi) is 4.28. The molecule has 0 amide bonds. The zero-order chi connectivity index (χ0) is 13.9. The highest BCUT2D eigenvalue weighted by atomic mass is 16.8. The van der Waals surface area contributed by atoms with Gasteiger partial charge in [0, 0.05) is 12.1 Å². The standard InChI is InChI=1S/C9H11N2O7/c12-8(13)2-1-5-3-6(10(15)16)9(14)7(4-5)11(17)18/h3-4,14-17H,1-2H2,(H,12,13)/q-1/p-1. The van der Waals surface area contributed by atoms with Crippen LogP contribution in [0.4, 0.5) is 11.4 Å². The molecule has 0 aliphatic heterocycles. The topological polar surface area (TPSA) is 151 Å². The van der Waals surface area contributed by atoms with Crippen LogP contribution in [0.3, 0.4) is 0 Å². The van der Waals surface area contributed by atoms with E-state index in [9.17, 15) is 15.1 Å². The number of carboxylic acid groups (broad SMARTS) is 1. The zero-order valence-corrected chi connectivity index (χ0v) is 8.98. The Morgan fingerprint density at radius 1 is 1.22 bits per heavy atom. The van der Waals surface area contributed by atoms with Crippen LogP contribution in [-0.4, -0.2) is 26.7 Å². The van der Waals surface area contributed by atoms with Gasteiger partial charge in [-0.1, -0.05) is 5.75 Å². The number of aryl methyl sites for hydroxylation is 1. The van der Waals surface area contributed by atoms with Gasteiger partial charge in [0.05, 0.1) is 5.69 Å². The predicted octanol–water partition coefficient (Wildman–Crippen LogP) is 0.0556. The third-order valence-electron chi connectivity index (χ3n) is 2.16. The van der Waals surface area contributed by atoms with Gasteiger partial charge in [-0.3, -0.25) is 20.4 Å². The summed E-state index contributed by atoms with van der Waals surface area (Å²) in [6.45, 7) is 0. The minimum Gasteiger partial charge on any atom is -0.870 e. The van der Waals surface area contributed by atoms with E-state index >= 15 is 0 Å². The molecule has 9 heteroatoms. The van der Waals surface area contributed by atoms with Crippen molar-refractivity contribution in [1.29, 1.82) is 0 Å². The van der Waals surface area contributed by atoms with Gasteiger partial charge in [0.1, 0.15) is 0 Å². The van der Waals surface area contributed by atoms with Gasteiger partial charge in [-0.05, 0) is 24.1 Å². The number of aliphatic carboxylic acids is 1. The lowest BCUT2D eigenvalue weighted by atomic mass is 10.1. The first-order valence-corrected chi connectivity index (χ1v) is 4.72. The minimum absolute atomic E-state index is 0.0444. The van der Waals surface area contributed by atoms with E-state index in [1.807, 2.05) is 0 Å². The molecule has 9 nitrogen and oxygen atoms in total. The van der Waals surface area contributed by atoms with Gasteiger partial charge < -0.3 is 20.6 Å². The second-order valence-corrected chi connectivity index (χ2v) is 3.42. The van der Waals surface area contributed by atoms with Crippen LogP contribution in [0.25, 0.3) is 0 Å². The average Bonchev–Trinajstić information content (AvgIpc) is 2.26. The third kappa shape index (κ3) is 3.21. The molecule has 0 saturated heterocycles. The van der Waals surface area contributed by atoms with Crippen LogP contribution >= 0.6 is 0 Å². The maximum atomic E-state index is 11.5. The third-order valence-corrected chi connectivity index (χ3v) is 2.16. The molecule has 1 rings (SSSR count). The summed E-state index contributed by atoms with van der Waals surface area (Å²) in [4.78, 5) is 10.4. The van der Waals surface area contributed by atoms with Gasteiger partial charge in [0.2, 0.25) is 0 Å². The summed E-state index contributed by atoms with van der Waals surface area (Å²) in [5, 5.41) is 55.7. The largest absolute Gasteiger partial charge is 0.870 e. The van der Waals surface area contributed by atoms with Crippen LogP contribution in [0, 0.1) is 5.21 Å². The lowest BCUT2D eigenvalue weighted by molar-refractivity contribution is -0.267. The average molecular weight is 258 g/mol. The molecular formula is C9H10N2O7-2. The van der Waals surface area contributed by atoms with Crippen LogP contribution in [0.5, 0.6) is 5.75 Å². The first kappa shape index (κ1) is 14.0. The summed E-state index contributed by atoms with van der Waals surface area (Å²) in [6.07, 6.45) is -0.324. The van der Waals surface area contributed by atoms with E-state index in [1.165, 1.54) is 0 Å². The van der Waals surface area contributed by atoms with Crippen LogP contribution in [0.1, 0.15) is 12.0 Å². The fourth-order valence-electron chi connectivity index (χ4n) is 1.34. The van der Waals surface area contributed by atoms with Crippen molar-refractivity contribution < 1.29 is 30.6 Å². The Balaban J connectivity index is 3.16. The number of benzene rings is 1. The van der Waals surface area contributed by atoms with Gasteiger partial charge in [0.25, 0.3) is 0 Å². The Bertz CT molecular complexity index is 418. The normalized spacial score (nSPS) is 10.2.